The van der Waals surface area contributed by atoms with Crippen molar-refractivity contribution in [3.8, 4) is 11.5 Å². The minimum absolute atomic E-state index is 0.00992. The number of nitrogens with zero attached hydrogens (tertiary/aromatic N) is 1. The van der Waals surface area contributed by atoms with E-state index in [0.717, 1.165) is 16.7 Å². The Morgan fingerprint density at radius 2 is 1.88 bits per heavy atom. The van der Waals surface area contributed by atoms with Gasteiger partial charge in [-0.3, -0.25) is 15.1 Å². The third-order valence-corrected chi connectivity index (χ3v) is 3.98. The molecule has 1 heterocycles. The van der Waals surface area contributed by atoms with Gasteiger partial charge in [0.25, 0.3) is 0 Å². The Hall–Kier alpha value is -1.94. The molecule has 1 fully saturated rings. The van der Waals surface area contributed by atoms with Gasteiger partial charge in [0.05, 0.1) is 32.3 Å². The minimum atomic E-state index is -4.46. The van der Waals surface area contributed by atoms with Crippen molar-refractivity contribution in [2.75, 3.05) is 31.5 Å². The Morgan fingerprint density at radius 3 is 2.38 bits per heavy atom. The first-order chi connectivity index (χ1) is 11.3. The number of thioether (sulfide) groups is 1. The minimum Gasteiger partial charge on any atom is -0.493 e. The van der Waals surface area contributed by atoms with E-state index >= 15 is 0 Å². The van der Waals surface area contributed by atoms with Crippen LogP contribution < -0.4 is 14.4 Å². The number of methoxy groups -OCH3 is 2. The SMILES string of the molecule is COc1cc(COCC(F)(F)F)c(N2C(=N)SCC2=O)cc1OC. The van der Waals surface area contributed by atoms with E-state index in [2.05, 4.69) is 0 Å². The highest BCUT2D eigenvalue weighted by molar-refractivity contribution is 8.15. The first-order valence-electron chi connectivity index (χ1n) is 6.70. The van der Waals surface area contributed by atoms with Crippen LogP contribution in [0.25, 0.3) is 0 Å². The van der Waals surface area contributed by atoms with Crippen molar-refractivity contribution >= 4 is 28.5 Å². The highest BCUT2D eigenvalue weighted by Crippen LogP contribution is 2.38. The maximum absolute atomic E-state index is 12.3. The van der Waals surface area contributed by atoms with Gasteiger partial charge in [-0.05, 0) is 6.07 Å². The van der Waals surface area contributed by atoms with E-state index in [1.807, 2.05) is 0 Å². The van der Waals surface area contributed by atoms with Gasteiger partial charge in [-0.25, -0.2) is 0 Å². The average Bonchev–Trinajstić information content (AvgIpc) is 2.84. The van der Waals surface area contributed by atoms with E-state index in [1.165, 1.54) is 26.4 Å². The van der Waals surface area contributed by atoms with Crippen LogP contribution in [0.15, 0.2) is 12.1 Å². The van der Waals surface area contributed by atoms with Gasteiger partial charge in [0.1, 0.15) is 6.61 Å². The fraction of sp³-hybridized carbons (Fsp3) is 0.429. The zero-order chi connectivity index (χ0) is 17.9. The van der Waals surface area contributed by atoms with Gasteiger partial charge in [-0.15, -0.1) is 0 Å². The Balaban J connectivity index is 2.38. The zero-order valence-electron chi connectivity index (χ0n) is 12.9. The second kappa shape index (κ2) is 7.31. The maximum atomic E-state index is 12.3. The fourth-order valence-corrected chi connectivity index (χ4v) is 2.85. The van der Waals surface area contributed by atoms with Gasteiger partial charge in [0.2, 0.25) is 5.91 Å². The van der Waals surface area contributed by atoms with Crippen molar-refractivity contribution in [2.45, 2.75) is 12.8 Å². The maximum Gasteiger partial charge on any atom is 0.411 e. The Kier molecular flexibility index (Phi) is 5.60. The van der Waals surface area contributed by atoms with E-state index in [4.69, 9.17) is 19.6 Å². The molecule has 0 saturated carbocycles. The molecule has 1 saturated heterocycles. The van der Waals surface area contributed by atoms with E-state index in [-0.39, 0.29) is 33.8 Å². The Labute approximate surface area is 140 Å². The molecule has 2 rings (SSSR count). The fourth-order valence-electron chi connectivity index (χ4n) is 2.13. The van der Waals surface area contributed by atoms with Crippen LogP contribution in [0.5, 0.6) is 11.5 Å². The normalized spacial score (nSPS) is 15.1. The first kappa shape index (κ1) is 18.4. The molecule has 1 aromatic carbocycles. The summed E-state index contributed by atoms with van der Waals surface area (Å²) in [6, 6.07) is 2.89. The smallest absolute Gasteiger partial charge is 0.411 e. The van der Waals surface area contributed by atoms with Crippen LogP contribution in [0.4, 0.5) is 18.9 Å². The van der Waals surface area contributed by atoms with Gasteiger partial charge in [0.15, 0.2) is 16.7 Å². The lowest BCUT2D eigenvalue weighted by Crippen LogP contribution is -2.30. The molecule has 1 amide bonds. The van der Waals surface area contributed by atoms with Crippen LogP contribution in [0.2, 0.25) is 0 Å². The molecule has 6 nitrogen and oxygen atoms in total. The van der Waals surface area contributed by atoms with Gasteiger partial charge >= 0.3 is 6.18 Å². The number of alkyl halides is 3. The van der Waals surface area contributed by atoms with Crippen molar-refractivity contribution in [1.82, 2.24) is 0 Å². The van der Waals surface area contributed by atoms with Crippen LogP contribution in [0, 0.1) is 5.41 Å². The summed E-state index contributed by atoms with van der Waals surface area (Å²) in [7, 11) is 2.78. The topological polar surface area (TPSA) is 71.9 Å². The predicted molar refractivity (Wildman–Crippen MR) is 82.9 cm³/mol. The summed E-state index contributed by atoms with van der Waals surface area (Å²) in [4.78, 5) is 13.1. The first-order valence-corrected chi connectivity index (χ1v) is 7.69. The average molecular weight is 364 g/mol. The third kappa shape index (κ3) is 4.12. The molecule has 1 aromatic rings. The van der Waals surface area contributed by atoms with Crippen LogP contribution in [-0.4, -0.2) is 43.8 Å². The number of amides is 1. The third-order valence-electron chi connectivity index (χ3n) is 3.13. The number of halogens is 3. The molecule has 0 bridgehead atoms. The molecule has 0 spiro atoms. The quantitative estimate of drug-likeness (QED) is 0.840. The molecule has 10 heteroatoms. The summed E-state index contributed by atoms with van der Waals surface area (Å²) in [5, 5.41) is 7.84. The molecule has 0 unspecified atom stereocenters. The van der Waals surface area contributed by atoms with E-state index in [0.29, 0.717) is 5.75 Å². The number of rotatable bonds is 6. The van der Waals surface area contributed by atoms with Crippen molar-refractivity contribution < 1.29 is 32.2 Å². The molecule has 1 aliphatic rings. The van der Waals surface area contributed by atoms with Gasteiger partial charge < -0.3 is 14.2 Å². The van der Waals surface area contributed by atoms with Crippen LogP contribution in [0.1, 0.15) is 5.56 Å². The highest BCUT2D eigenvalue weighted by Gasteiger charge is 2.32. The number of hydrogen-bond donors (Lipinski definition) is 1. The van der Waals surface area contributed by atoms with Crippen molar-refractivity contribution in [2.24, 2.45) is 0 Å². The second-order valence-electron chi connectivity index (χ2n) is 4.77. The number of amidine groups is 1. The molecule has 0 aromatic heterocycles. The van der Waals surface area contributed by atoms with Crippen molar-refractivity contribution in [3.05, 3.63) is 17.7 Å². The summed E-state index contributed by atoms with van der Waals surface area (Å²) in [5.74, 6) is 0.340. The zero-order valence-corrected chi connectivity index (χ0v) is 13.7. The number of nitrogens with one attached hydrogen (secondary N) is 1. The lowest BCUT2D eigenvalue weighted by Gasteiger charge is -2.21. The molecule has 132 valence electrons. The number of ether oxygens (including phenoxy) is 3. The number of benzene rings is 1. The van der Waals surface area contributed by atoms with Gasteiger partial charge in [-0.2, -0.15) is 13.2 Å². The Bertz CT molecular complexity index is 636. The molecule has 0 atom stereocenters. The predicted octanol–water partition coefficient (Wildman–Crippen LogP) is 2.80. The summed E-state index contributed by atoms with van der Waals surface area (Å²) in [6.07, 6.45) is -4.46. The number of carbonyl (C=O) groups excluding carboxylic acids is 1. The molecular weight excluding hydrogens is 349 g/mol. The van der Waals surface area contributed by atoms with Gasteiger partial charge in [0, 0.05) is 11.6 Å². The molecular formula is C14H15F3N2O4S. The van der Waals surface area contributed by atoms with E-state index in [1.54, 1.807) is 0 Å². The number of anilines is 1. The molecule has 1 N–H and O–H groups in total. The van der Waals surface area contributed by atoms with Crippen LogP contribution in [-0.2, 0) is 16.1 Å². The Morgan fingerprint density at radius 1 is 1.25 bits per heavy atom. The number of carbonyl (C=O) groups is 1. The lowest BCUT2D eigenvalue weighted by molar-refractivity contribution is -0.176. The van der Waals surface area contributed by atoms with Crippen LogP contribution in [0.3, 0.4) is 0 Å². The molecule has 24 heavy (non-hydrogen) atoms. The van der Waals surface area contributed by atoms with E-state index in [9.17, 15) is 18.0 Å². The summed E-state index contributed by atoms with van der Waals surface area (Å²) in [5.41, 5.74) is 0.535. The van der Waals surface area contributed by atoms with Gasteiger partial charge in [-0.1, -0.05) is 11.8 Å². The summed E-state index contributed by atoms with van der Waals surface area (Å²) < 4.78 is 51.8. The van der Waals surface area contributed by atoms with Crippen molar-refractivity contribution in [1.29, 1.82) is 5.41 Å². The number of hydrogen-bond acceptors (Lipinski definition) is 6. The molecule has 1 aliphatic heterocycles. The highest BCUT2D eigenvalue weighted by atomic mass is 32.2. The standard InChI is InChI=1S/C14H15F3N2O4S/c1-21-10-3-8(5-23-7-14(15,16)17)9(4-11(10)22-2)19-12(20)6-24-13(19)18/h3-4,18H,5-7H2,1-2H3. The van der Waals surface area contributed by atoms with Crippen LogP contribution >= 0.6 is 11.8 Å². The molecule has 0 aliphatic carbocycles. The summed E-state index contributed by atoms with van der Waals surface area (Å²) >= 11 is 1.04. The molecule has 0 radical (unpaired) electrons. The monoisotopic (exact) mass is 364 g/mol. The van der Waals surface area contributed by atoms with E-state index < -0.39 is 19.4 Å². The van der Waals surface area contributed by atoms with Crippen molar-refractivity contribution in [3.63, 3.8) is 0 Å². The largest absolute Gasteiger partial charge is 0.493 e. The second-order valence-corrected chi connectivity index (χ2v) is 5.73. The lowest BCUT2D eigenvalue weighted by atomic mass is 10.1. The summed E-state index contributed by atoms with van der Waals surface area (Å²) in [6.45, 7) is -1.81.